The lowest BCUT2D eigenvalue weighted by molar-refractivity contribution is -0.115. The van der Waals surface area contributed by atoms with Crippen LogP contribution in [-0.4, -0.2) is 45.4 Å². The summed E-state index contributed by atoms with van der Waals surface area (Å²) in [6.45, 7) is 1.90. The lowest BCUT2D eigenvalue weighted by Crippen LogP contribution is -2.34. The number of carbonyl (C=O) groups is 1. The van der Waals surface area contributed by atoms with Crippen LogP contribution in [0.15, 0.2) is 23.1 Å². The largest absolute Gasteiger partial charge is 0.381 e. The molecule has 0 saturated carbocycles. The summed E-state index contributed by atoms with van der Waals surface area (Å²) in [4.78, 5) is 11.6. The average molecular weight is 324 g/mol. The van der Waals surface area contributed by atoms with Gasteiger partial charge in [0.05, 0.1) is 11.3 Å². The molecule has 7 heteroatoms. The van der Waals surface area contributed by atoms with E-state index in [0.717, 1.165) is 18.4 Å². The molecule has 3 rings (SSSR count). The zero-order valence-corrected chi connectivity index (χ0v) is 13.4. The summed E-state index contributed by atoms with van der Waals surface area (Å²) in [7, 11) is -1.91. The van der Waals surface area contributed by atoms with Gasteiger partial charge in [0, 0.05) is 32.5 Å². The molecule has 22 heavy (non-hydrogen) atoms. The minimum Gasteiger partial charge on any atom is -0.381 e. The molecule has 0 radical (unpaired) electrons. The van der Waals surface area contributed by atoms with E-state index in [4.69, 9.17) is 4.74 Å². The van der Waals surface area contributed by atoms with Gasteiger partial charge in [-0.3, -0.25) is 4.79 Å². The fraction of sp³-hybridized carbons (Fsp3) is 0.533. The van der Waals surface area contributed by atoms with Crippen LogP contribution in [0.2, 0.25) is 0 Å². The maximum absolute atomic E-state index is 12.7. The number of hydrogen-bond acceptors (Lipinski definition) is 4. The molecule has 1 amide bonds. The van der Waals surface area contributed by atoms with Crippen LogP contribution in [0.4, 0.5) is 5.69 Å². The zero-order valence-electron chi connectivity index (χ0n) is 12.5. The summed E-state index contributed by atoms with van der Waals surface area (Å²) in [6.07, 6.45) is 2.02. The lowest BCUT2D eigenvalue weighted by atomic mass is 10.0. The molecular weight excluding hydrogens is 304 g/mol. The number of sulfonamides is 1. The highest BCUT2D eigenvalue weighted by Gasteiger charge is 2.27. The van der Waals surface area contributed by atoms with Crippen molar-refractivity contribution < 1.29 is 17.9 Å². The fourth-order valence-corrected chi connectivity index (χ4v) is 4.23. The van der Waals surface area contributed by atoms with Gasteiger partial charge in [-0.2, -0.15) is 0 Å². The zero-order chi connectivity index (χ0) is 15.7. The quantitative estimate of drug-likeness (QED) is 0.904. The van der Waals surface area contributed by atoms with Crippen LogP contribution in [0.1, 0.15) is 18.4 Å². The Morgan fingerprint density at radius 2 is 2.05 bits per heavy atom. The Kier molecular flexibility index (Phi) is 4.20. The second kappa shape index (κ2) is 5.98. The number of hydrogen-bond donors (Lipinski definition) is 1. The normalized spacial score (nSPS) is 19.3. The van der Waals surface area contributed by atoms with Gasteiger partial charge in [0.25, 0.3) is 0 Å². The van der Waals surface area contributed by atoms with Gasteiger partial charge in [0.15, 0.2) is 0 Å². The Hall–Kier alpha value is -1.44. The highest BCUT2D eigenvalue weighted by atomic mass is 32.2. The van der Waals surface area contributed by atoms with Gasteiger partial charge in [-0.25, -0.2) is 12.7 Å². The number of nitrogens with one attached hydrogen (secondary N) is 1. The standard InChI is InChI=1S/C15H20N2O4S/c1-17(10-11-4-6-21-7-5-11)22(19,20)13-2-3-14-12(8-13)9-15(18)16-14/h2-3,8,11H,4-7,9-10H2,1H3,(H,16,18). The molecule has 1 fully saturated rings. The predicted molar refractivity (Wildman–Crippen MR) is 82.1 cm³/mol. The fourth-order valence-electron chi connectivity index (χ4n) is 2.94. The molecule has 0 bridgehead atoms. The van der Waals surface area contributed by atoms with Crippen molar-refractivity contribution in [1.82, 2.24) is 4.31 Å². The van der Waals surface area contributed by atoms with Gasteiger partial charge in [-0.1, -0.05) is 0 Å². The van der Waals surface area contributed by atoms with Crippen molar-refractivity contribution in [2.24, 2.45) is 5.92 Å². The van der Waals surface area contributed by atoms with E-state index in [9.17, 15) is 13.2 Å². The number of carbonyl (C=O) groups excluding carboxylic acids is 1. The minimum atomic E-state index is -3.52. The Bertz CT molecular complexity index is 681. The van der Waals surface area contributed by atoms with Crippen LogP contribution in [0.5, 0.6) is 0 Å². The van der Waals surface area contributed by atoms with Gasteiger partial charge in [-0.05, 0) is 42.5 Å². The smallest absolute Gasteiger partial charge is 0.242 e. The van der Waals surface area contributed by atoms with Crippen LogP contribution in [0.25, 0.3) is 0 Å². The van der Waals surface area contributed by atoms with Crippen molar-refractivity contribution in [2.75, 3.05) is 32.1 Å². The van der Waals surface area contributed by atoms with Gasteiger partial charge in [0.1, 0.15) is 0 Å². The Morgan fingerprint density at radius 1 is 1.32 bits per heavy atom. The van der Waals surface area contributed by atoms with E-state index < -0.39 is 10.0 Å². The summed E-state index contributed by atoms with van der Waals surface area (Å²) < 4.78 is 32.1. The molecular formula is C15H20N2O4S. The number of anilines is 1. The monoisotopic (exact) mass is 324 g/mol. The number of benzene rings is 1. The van der Waals surface area contributed by atoms with Crippen LogP contribution >= 0.6 is 0 Å². The Morgan fingerprint density at radius 3 is 2.77 bits per heavy atom. The van der Waals surface area contributed by atoms with Gasteiger partial charge in [0.2, 0.25) is 15.9 Å². The SMILES string of the molecule is CN(CC1CCOCC1)S(=O)(=O)c1ccc2c(c1)CC(=O)N2. The summed E-state index contributed by atoms with van der Waals surface area (Å²) in [5, 5.41) is 2.71. The first-order valence-electron chi connectivity index (χ1n) is 7.43. The molecule has 120 valence electrons. The van der Waals surface area contributed by atoms with Crippen molar-refractivity contribution >= 4 is 21.6 Å². The number of rotatable bonds is 4. The highest BCUT2D eigenvalue weighted by Crippen LogP contribution is 2.27. The van der Waals surface area contributed by atoms with E-state index in [0.29, 0.717) is 31.4 Å². The first-order chi connectivity index (χ1) is 10.5. The summed E-state index contributed by atoms with van der Waals surface area (Å²) in [5.74, 6) is 0.242. The number of amides is 1. The molecule has 0 aliphatic carbocycles. The number of nitrogens with zero attached hydrogens (tertiary/aromatic N) is 1. The van der Waals surface area contributed by atoms with Gasteiger partial charge >= 0.3 is 0 Å². The third-order valence-electron chi connectivity index (χ3n) is 4.27. The van der Waals surface area contributed by atoms with Crippen LogP contribution < -0.4 is 5.32 Å². The van der Waals surface area contributed by atoms with E-state index in [-0.39, 0.29) is 17.2 Å². The predicted octanol–water partition coefficient (Wildman–Crippen LogP) is 1.23. The molecule has 2 aliphatic rings. The maximum atomic E-state index is 12.7. The van der Waals surface area contributed by atoms with Crippen LogP contribution in [-0.2, 0) is 26.0 Å². The van der Waals surface area contributed by atoms with E-state index in [1.54, 1.807) is 25.2 Å². The van der Waals surface area contributed by atoms with Gasteiger partial charge in [-0.15, -0.1) is 0 Å². The van der Waals surface area contributed by atoms with E-state index in [1.165, 1.54) is 4.31 Å². The molecule has 6 nitrogen and oxygen atoms in total. The molecule has 1 saturated heterocycles. The molecule has 0 aromatic heterocycles. The molecule has 0 spiro atoms. The molecule has 1 aromatic carbocycles. The highest BCUT2D eigenvalue weighted by molar-refractivity contribution is 7.89. The van der Waals surface area contributed by atoms with Crippen molar-refractivity contribution in [1.29, 1.82) is 0 Å². The lowest BCUT2D eigenvalue weighted by Gasteiger charge is -2.26. The van der Waals surface area contributed by atoms with E-state index in [1.807, 2.05) is 0 Å². The summed E-state index contributed by atoms with van der Waals surface area (Å²) in [5.41, 5.74) is 1.45. The summed E-state index contributed by atoms with van der Waals surface area (Å²) in [6, 6.07) is 4.82. The number of fused-ring (bicyclic) bond motifs is 1. The average Bonchev–Trinajstić information content (AvgIpc) is 2.87. The molecule has 0 unspecified atom stereocenters. The maximum Gasteiger partial charge on any atom is 0.242 e. The summed E-state index contributed by atoms with van der Waals surface area (Å²) >= 11 is 0. The van der Waals surface area contributed by atoms with Crippen LogP contribution in [0.3, 0.4) is 0 Å². The van der Waals surface area contributed by atoms with Gasteiger partial charge < -0.3 is 10.1 Å². The van der Waals surface area contributed by atoms with Crippen molar-refractivity contribution in [2.45, 2.75) is 24.2 Å². The third kappa shape index (κ3) is 3.02. The van der Waals surface area contributed by atoms with Crippen molar-refractivity contribution in [3.05, 3.63) is 23.8 Å². The van der Waals surface area contributed by atoms with E-state index >= 15 is 0 Å². The Labute approximate surface area is 130 Å². The van der Waals surface area contributed by atoms with Crippen molar-refractivity contribution in [3.63, 3.8) is 0 Å². The number of ether oxygens (including phenoxy) is 1. The minimum absolute atomic E-state index is 0.0971. The third-order valence-corrected chi connectivity index (χ3v) is 6.09. The second-order valence-corrected chi connectivity index (χ2v) is 7.93. The molecule has 0 atom stereocenters. The van der Waals surface area contributed by atoms with Crippen LogP contribution in [0, 0.1) is 5.92 Å². The second-order valence-electron chi connectivity index (χ2n) is 5.89. The molecule has 1 aromatic rings. The van der Waals surface area contributed by atoms with E-state index in [2.05, 4.69) is 5.32 Å². The first kappa shape index (κ1) is 15.5. The van der Waals surface area contributed by atoms with Crippen molar-refractivity contribution in [3.8, 4) is 0 Å². The topological polar surface area (TPSA) is 75.7 Å². The first-order valence-corrected chi connectivity index (χ1v) is 8.87. The molecule has 2 aliphatic heterocycles. The Balaban J connectivity index is 1.77. The molecule has 2 heterocycles. The molecule has 1 N–H and O–H groups in total.